The van der Waals surface area contributed by atoms with Gasteiger partial charge in [-0.2, -0.15) is 0 Å². The molecule has 6 nitrogen and oxygen atoms in total. The summed E-state index contributed by atoms with van der Waals surface area (Å²) in [6, 6.07) is 11.0. The zero-order valence-electron chi connectivity index (χ0n) is 13.7. The number of benzene rings is 2. The van der Waals surface area contributed by atoms with Crippen LogP contribution in [0.5, 0.6) is 0 Å². The van der Waals surface area contributed by atoms with Crippen LogP contribution < -0.4 is 5.32 Å². The molecule has 0 atom stereocenters. The second kappa shape index (κ2) is 6.72. The van der Waals surface area contributed by atoms with E-state index in [0.717, 1.165) is 4.90 Å². The highest BCUT2D eigenvalue weighted by molar-refractivity contribution is 6.39. The topological polar surface area (TPSA) is 75.4 Å². The number of hydrogen-bond acceptors (Lipinski definition) is 4. The molecule has 0 fully saturated rings. The first-order valence-corrected chi connectivity index (χ1v) is 7.61. The van der Waals surface area contributed by atoms with Crippen LogP contribution in [-0.2, 0) is 16.1 Å². The highest BCUT2D eigenvalue weighted by Gasteiger charge is 2.20. The molecule has 0 unspecified atom stereocenters. The van der Waals surface area contributed by atoms with Gasteiger partial charge in [0.05, 0.1) is 0 Å². The third-order valence-corrected chi connectivity index (χ3v) is 3.66. The van der Waals surface area contributed by atoms with E-state index < -0.39 is 17.6 Å². The Morgan fingerprint density at radius 3 is 2.76 bits per heavy atom. The molecule has 25 heavy (non-hydrogen) atoms. The van der Waals surface area contributed by atoms with E-state index in [9.17, 15) is 14.0 Å². The van der Waals surface area contributed by atoms with E-state index in [1.54, 1.807) is 43.3 Å². The van der Waals surface area contributed by atoms with Gasteiger partial charge in [-0.3, -0.25) is 9.59 Å². The van der Waals surface area contributed by atoms with Crippen LogP contribution in [0.25, 0.3) is 11.1 Å². The van der Waals surface area contributed by atoms with Crippen molar-refractivity contribution in [3.05, 3.63) is 59.7 Å². The fourth-order valence-corrected chi connectivity index (χ4v) is 2.43. The Morgan fingerprint density at radius 2 is 2.00 bits per heavy atom. The van der Waals surface area contributed by atoms with Crippen molar-refractivity contribution in [3.8, 4) is 0 Å². The second-order valence-corrected chi connectivity index (χ2v) is 5.62. The maximum Gasteiger partial charge on any atom is 0.313 e. The minimum Gasteiger partial charge on any atom is -0.441 e. The summed E-state index contributed by atoms with van der Waals surface area (Å²) < 4.78 is 19.0. The zero-order chi connectivity index (χ0) is 18.0. The van der Waals surface area contributed by atoms with Gasteiger partial charge in [-0.25, -0.2) is 9.37 Å². The molecule has 1 heterocycles. The Labute approximate surface area is 143 Å². The van der Waals surface area contributed by atoms with Gasteiger partial charge in [0.15, 0.2) is 11.5 Å². The molecule has 3 rings (SSSR count). The van der Waals surface area contributed by atoms with E-state index >= 15 is 0 Å². The average Bonchev–Trinajstić information content (AvgIpc) is 2.95. The lowest BCUT2D eigenvalue weighted by Crippen LogP contribution is -2.36. The molecule has 0 radical (unpaired) electrons. The van der Waals surface area contributed by atoms with E-state index in [2.05, 4.69) is 10.3 Å². The van der Waals surface area contributed by atoms with Crippen LogP contribution in [-0.4, -0.2) is 28.7 Å². The third-order valence-electron chi connectivity index (χ3n) is 3.66. The number of nitrogens with zero attached hydrogens (tertiary/aromatic N) is 2. The van der Waals surface area contributed by atoms with Crippen molar-refractivity contribution < 1.29 is 18.4 Å². The highest BCUT2D eigenvalue weighted by Crippen LogP contribution is 2.20. The molecular formula is C18H16FN3O3. The fraction of sp³-hybridized carbons (Fsp3) is 0.167. The van der Waals surface area contributed by atoms with E-state index in [0.29, 0.717) is 28.2 Å². The number of carbonyl (C=O) groups excluding carboxylic acids is 2. The summed E-state index contributed by atoms with van der Waals surface area (Å²) in [5.74, 6) is -1.49. The Balaban J connectivity index is 1.68. The predicted octanol–water partition coefficient (Wildman–Crippen LogP) is 2.87. The maximum atomic E-state index is 13.7. The first-order valence-electron chi connectivity index (χ1n) is 7.61. The van der Waals surface area contributed by atoms with Gasteiger partial charge in [0.1, 0.15) is 11.3 Å². The fourth-order valence-electron chi connectivity index (χ4n) is 2.43. The van der Waals surface area contributed by atoms with E-state index in [1.165, 1.54) is 13.1 Å². The lowest BCUT2D eigenvalue weighted by atomic mass is 10.2. The molecule has 0 aliphatic carbocycles. The number of hydrogen-bond donors (Lipinski definition) is 1. The molecule has 0 aliphatic heterocycles. The summed E-state index contributed by atoms with van der Waals surface area (Å²) in [5.41, 5.74) is 1.94. The van der Waals surface area contributed by atoms with E-state index in [4.69, 9.17) is 4.42 Å². The molecule has 0 saturated heterocycles. The minimum atomic E-state index is -0.811. The Kier molecular flexibility index (Phi) is 4.47. The van der Waals surface area contributed by atoms with Crippen LogP contribution in [0.2, 0.25) is 0 Å². The summed E-state index contributed by atoms with van der Waals surface area (Å²) >= 11 is 0. The number of nitrogens with one attached hydrogen (secondary N) is 1. The normalized spacial score (nSPS) is 10.7. The van der Waals surface area contributed by atoms with Crippen molar-refractivity contribution in [2.45, 2.75) is 13.5 Å². The monoisotopic (exact) mass is 341 g/mol. The molecular weight excluding hydrogens is 325 g/mol. The number of halogens is 1. The quantitative estimate of drug-likeness (QED) is 0.743. The van der Waals surface area contributed by atoms with Crippen LogP contribution in [0.4, 0.5) is 10.1 Å². The number of likely N-dealkylation sites (N-methyl/N-ethyl adjacent to an activating group) is 1. The average molecular weight is 341 g/mol. The van der Waals surface area contributed by atoms with Crippen LogP contribution in [0.15, 0.2) is 46.9 Å². The molecule has 128 valence electrons. The number of oxazole rings is 1. The first-order chi connectivity index (χ1) is 11.9. The van der Waals surface area contributed by atoms with Crippen molar-refractivity contribution in [1.29, 1.82) is 0 Å². The van der Waals surface area contributed by atoms with Gasteiger partial charge in [-0.15, -0.1) is 0 Å². The number of rotatable bonds is 3. The predicted molar refractivity (Wildman–Crippen MR) is 90.2 cm³/mol. The number of carbonyl (C=O) groups is 2. The van der Waals surface area contributed by atoms with Gasteiger partial charge in [0, 0.05) is 37.8 Å². The van der Waals surface area contributed by atoms with Gasteiger partial charge in [0.2, 0.25) is 0 Å². The molecule has 2 amide bonds. The zero-order valence-corrected chi connectivity index (χ0v) is 13.7. The Morgan fingerprint density at radius 1 is 1.24 bits per heavy atom. The minimum absolute atomic E-state index is 0.000734. The molecule has 1 N–H and O–H groups in total. The number of amides is 2. The van der Waals surface area contributed by atoms with Gasteiger partial charge in [0.25, 0.3) is 0 Å². The molecule has 0 aliphatic rings. The number of anilines is 1. The number of aromatic nitrogens is 1. The van der Waals surface area contributed by atoms with Gasteiger partial charge in [-0.05, 0) is 18.2 Å². The van der Waals surface area contributed by atoms with Gasteiger partial charge >= 0.3 is 11.8 Å². The van der Waals surface area contributed by atoms with Crippen molar-refractivity contribution in [3.63, 3.8) is 0 Å². The SMILES string of the molecule is Cc1nc2ccc(NC(=O)C(=O)N(C)Cc3ccccc3F)cc2o1. The van der Waals surface area contributed by atoms with Gasteiger partial charge < -0.3 is 14.6 Å². The van der Waals surface area contributed by atoms with Crippen molar-refractivity contribution in [2.24, 2.45) is 0 Å². The molecule has 1 aromatic heterocycles. The summed E-state index contributed by atoms with van der Waals surface area (Å²) in [6.45, 7) is 1.72. The van der Waals surface area contributed by atoms with Gasteiger partial charge in [-0.1, -0.05) is 18.2 Å². The van der Waals surface area contributed by atoms with Crippen molar-refractivity contribution in [1.82, 2.24) is 9.88 Å². The highest BCUT2D eigenvalue weighted by atomic mass is 19.1. The molecule has 0 spiro atoms. The molecule has 7 heteroatoms. The first kappa shape index (κ1) is 16.6. The lowest BCUT2D eigenvalue weighted by Gasteiger charge is -2.17. The molecule has 2 aromatic carbocycles. The lowest BCUT2D eigenvalue weighted by molar-refractivity contribution is -0.142. The standard InChI is InChI=1S/C18H16FN3O3/c1-11-20-15-8-7-13(9-16(15)25-11)21-17(23)18(24)22(2)10-12-5-3-4-6-14(12)19/h3-9H,10H2,1-2H3,(H,21,23). The molecule has 3 aromatic rings. The third kappa shape index (κ3) is 3.65. The van der Waals surface area contributed by atoms with Crippen LogP contribution in [0.1, 0.15) is 11.5 Å². The number of aryl methyl sites for hydroxylation is 1. The number of fused-ring (bicyclic) bond motifs is 1. The largest absolute Gasteiger partial charge is 0.441 e. The second-order valence-electron chi connectivity index (χ2n) is 5.62. The molecule has 0 saturated carbocycles. The van der Waals surface area contributed by atoms with Crippen LogP contribution >= 0.6 is 0 Å². The van der Waals surface area contributed by atoms with Crippen molar-refractivity contribution >= 4 is 28.6 Å². The van der Waals surface area contributed by atoms with Crippen molar-refractivity contribution in [2.75, 3.05) is 12.4 Å². The Hall–Kier alpha value is -3.22. The smallest absolute Gasteiger partial charge is 0.313 e. The van der Waals surface area contributed by atoms with Crippen LogP contribution in [0, 0.1) is 12.7 Å². The van der Waals surface area contributed by atoms with E-state index in [1.807, 2.05) is 0 Å². The summed E-state index contributed by atoms with van der Waals surface area (Å²) in [6.07, 6.45) is 0. The Bertz CT molecular complexity index is 952. The summed E-state index contributed by atoms with van der Waals surface area (Å²) in [7, 11) is 1.44. The maximum absolute atomic E-state index is 13.7. The molecule has 0 bridgehead atoms. The van der Waals surface area contributed by atoms with E-state index in [-0.39, 0.29) is 6.54 Å². The van der Waals surface area contributed by atoms with Crippen LogP contribution in [0.3, 0.4) is 0 Å². The summed E-state index contributed by atoms with van der Waals surface area (Å²) in [4.78, 5) is 29.6. The summed E-state index contributed by atoms with van der Waals surface area (Å²) in [5, 5.41) is 2.51.